The van der Waals surface area contributed by atoms with Crippen LogP contribution in [0.1, 0.15) is 25.8 Å². The number of hydrogen-bond donors (Lipinski definition) is 1. The number of benzene rings is 1. The fraction of sp³-hybridized carbons (Fsp3) is 0.500. The maximum absolute atomic E-state index is 5.87. The van der Waals surface area contributed by atoms with Crippen molar-refractivity contribution in [1.29, 1.82) is 0 Å². The molecule has 0 amide bonds. The lowest BCUT2D eigenvalue weighted by atomic mass is 10.1. The van der Waals surface area contributed by atoms with Gasteiger partial charge in [0.15, 0.2) is 0 Å². The van der Waals surface area contributed by atoms with Gasteiger partial charge in [0, 0.05) is 30.9 Å². The monoisotopic (exact) mass is 260 g/mol. The summed E-state index contributed by atoms with van der Waals surface area (Å²) in [6, 6.07) is 8.96. The van der Waals surface area contributed by atoms with Gasteiger partial charge in [0.25, 0.3) is 0 Å². The van der Waals surface area contributed by atoms with E-state index in [-0.39, 0.29) is 6.04 Å². The molecule has 0 spiro atoms. The first-order valence-electron chi connectivity index (χ1n) is 7.12. The normalized spacial score (nSPS) is 13.0. The van der Waals surface area contributed by atoms with E-state index in [9.17, 15) is 0 Å². The molecule has 3 heteroatoms. The van der Waals surface area contributed by atoms with E-state index in [1.165, 1.54) is 16.5 Å². The first kappa shape index (κ1) is 14.1. The number of ether oxygens (including phenoxy) is 1. The number of fused-ring (bicyclic) bond motifs is 1. The number of nitrogens with zero attached hydrogens (tertiary/aromatic N) is 1. The minimum Gasteiger partial charge on any atom is -0.380 e. The van der Waals surface area contributed by atoms with Crippen molar-refractivity contribution < 1.29 is 4.74 Å². The summed E-state index contributed by atoms with van der Waals surface area (Å²) < 4.78 is 7.82. The minimum atomic E-state index is 0.203. The standard InChI is InChI=1S/C16H24N2O/c1-3-9-19-10-8-18-7-6-15-5-4-14(11-13(2)17)12-16(15)18/h4-7,12-13H,3,8-11,17H2,1-2H3. The van der Waals surface area contributed by atoms with E-state index >= 15 is 0 Å². The summed E-state index contributed by atoms with van der Waals surface area (Å²) in [5, 5.41) is 1.28. The molecule has 0 aliphatic carbocycles. The molecule has 0 bridgehead atoms. The predicted molar refractivity (Wildman–Crippen MR) is 80.4 cm³/mol. The highest BCUT2D eigenvalue weighted by atomic mass is 16.5. The molecule has 1 atom stereocenters. The summed E-state index contributed by atoms with van der Waals surface area (Å²) in [6.07, 6.45) is 4.13. The van der Waals surface area contributed by atoms with Crippen molar-refractivity contribution in [3.8, 4) is 0 Å². The van der Waals surface area contributed by atoms with Crippen LogP contribution in [-0.2, 0) is 17.7 Å². The van der Waals surface area contributed by atoms with Crippen LogP contribution in [0.4, 0.5) is 0 Å². The van der Waals surface area contributed by atoms with E-state index in [1.807, 2.05) is 6.92 Å². The Morgan fingerprint density at radius 3 is 2.84 bits per heavy atom. The van der Waals surface area contributed by atoms with Crippen LogP contribution in [0.2, 0.25) is 0 Å². The Kier molecular flexibility index (Phi) is 5.00. The molecule has 3 nitrogen and oxygen atoms in total. The van der Waals surface area contributed by atoms with Crippen molar-refractivity contribution >= 4 is 10.9 Å². The number of hydrogen-bond acceptors (Lipinski definition) is 2. The zero-order valence-corrected chi connectivity index (χ0v) is 11.9. The van der Waals surface area contributed by atoms with Gasteiger partial charge in [0.05, 0.1) is 6.61 Å². The molecule has 1 heterocycles. The van der Waals surface area contributed by atoms with Crippen molar-refractivity contribution in [3.63, 3.8) is 0 Å². The van der Waals surface area contributed by atoms with Crippen LogP contribution in [0.15, 0.2) is 30.5 Å². The molecular weight excluding hydrogens is 236 g/mol. The van der Waals surface area contributed by atoms with Gasteiger partial charge in [-0.1, -0.05) is 19.1 Å². The molecule has 0 aliphatic heterocycles. The highest BCUT2D eigenvalue weighted by molar-refractivity contribution is 5.80. The van der Waals surface area contributed by atoms with Gasteiger partial charge in [0.1, 0.15) is 0 Å². The molecule has 0 saturated carbocycles. The molecule has 1 aromatic heterocycles. The molecule has 0 saturated heterocycles. The molecule has 19 heavy (non-hydrogen) atoms. The van der Waals surface area contributed by atoms with Crippen molar-refractivity contribution in [1.82, 2.24) is 4.57 Å². The predicted octanol–water partition coefficient (Wildman–Crippen LogP) is 2.96. The third kappa shape index (κ3) is 3.82. The highest BCUT2D eigenvalue weighted by Gasteiger charge is 2.04. The van der Waals surface area contributed by atoms with E-state index in [0.717, 1.165) is 32.6 Å². The van der Waals surface area contributed by atoms with Crippen molar-refractivity contribution in [2.45, 2.75) is 39.3 Å². The topological polar surface area (TPSA) is 40.2 Å². The summed E-state index contributed by atoms with van der Waals surface area (Å²) in [5.74, 6) is 0. The second-order valence-electron chi connectivity index (χ2n) is 5.20. The first-order valence-corrected chi connectivity index (χ1v) is 7.12. The van der Waals surface area contributed by atoms with Gasteiger partial charge in [-0.05, 0) is 42.8 Å². The van der Waals surface area contributed by atoms with Crippen molar-refractivity contribution in [2.24, 2.45) is 5.73 Å². The van der Waals surface area contributed by atoms with Gasteiger partial charge in [0.2, 0.25) is 0 Å². The van der Waals surface area contributed by atoms with E-state index in [2.05, 4.69) is 42.0 Å². The Morgan fingerprint density at radius 2 is 2.11 bits per heavy atom. The molecule has 2 N–H and O–H groups in total. The first-order chi connectivity index (χ1) is 9.20. The summed E-state index contributed by atoms with van der Waals surface area (Å²) >= 11 is 0. The molecule has 1 aromatic carbocycles. The molecule has 0 fully saturated rings. The number of aromatic nitrogens is 1. The molecule has 1 unspecified atom stereocenters. The SMILES string of the molecule is CCCOCCn1ccc2ccc(CC(C)N)cc21. The quantitative estimate of drug-likeness (QED) is 0.777. The Labute approximate surface area is 115 Å². The van der Waals surface area contributed by atoms with Crippen LogP contribution < -0.4 is 5.73 Å². The van der Waals surface area contributed by atoms with Crippen molar-refractivity contribution in [2.75, 3.05) is 13.2 Å². The lowest BCUT2D eigenvalue weighted by Gasteiger charge is -2.09. The van der Waals surface area contributed by atoms with Gasteiger partial charge < -0.3 is 15.0 Å². The third-order valence-corrected chi connectivity index (χ3v) is 3.22. The lowest BCUT2D eigenvalue weighted by molar-refractivity contribution is 0.127. The summed E-state index contributed by atoms with van der Waals surface area (Å²) in [4.78, 5) is 0. The average Bonchev–Trinajstić information content (AvgIpc) is 2.77. The van der Waals surface area contributed by atoms with Crippen LogP contribution >= 0.6 is 0 Å². The van der Waals surface area contributed by atoms with E-state index < -0.39 is 0 Å². The van der Waals surface area contributed by atoms with Crippen LogP contribution in [0.25, 0.3) is 10.9 Å². The van der Waals surface area contributed by atoms with Crippen molar-refractivity contribution in [3.05, 3.63) is 36.0 Å². The summed E-state index contributed by atoms with van der Waals surface area (Å²) in [7, 11) is 0. The smallest absolute Gasteiger partial charge is 0.0645 e. The fourth-order valence-electron chi connectivity index (χ4n) is 2.33. The summed E-state index contributed by atoms with van der Waals surface area (Å²) in [5.41, 5.74) is 8.45. The summed E-state index contributed by atoms with van der Waals surface area (Å²) in [6.45, 7) is 6.70. The average molecular weight is 260 g/mol. The van der Waals surface area contributed by atoms with Gasteiger partial charge in [-0.2, -0.15) is 0 Å². The largest absolute Gasteiger partial charge is 0.380 e. The second kappa shape index (κ2) is 6.73. The van der Waals surface area contributed by atoms with Crippen LogP contribution in [0, 0.1) is 0 Å². The van der Waals surface area contributed by atoms with E-state index in [1.54, 1.807) is 0 Å². The molecule has 2 rings (SSSR count). The Hall–Kier alpha value is -1.32. The van der Waals surface area contributed by atoms with Crippen LogP contribution in [0.5, 0.6) is 0 Å². The molecule has 0 radical (unpaired) electrons. The zero-order chi connectivity index (χ0) is 13.7. The fourth-order valence-corrected chi connectivity index (χ4v) is 2.33. The number of rotatable bonds is 7. The third-order valence-electron chi connectivity index (χ3n) is 3.22. The molecular formula is C16H24N2O. The van der Waals surface area contributed by atoms with Gasteiger partial charge in [-0.15, -0.1) is 0 Å². The lowest BCUT2D eigenvalue weighted by Crippen LogP contribution is -2.17. The van der Waals surface area contributed by atoms with E-state index in [0.29, 0.717) is 0 Å². The van der Waals surface area contributed by atoms with E-state index in [4.69, 9.17) is 10.5 Å². The Balaban J connectivity index is 2.10. The molecule has 104 valence electrons. The Bertz CT molecular complexity index is 516. The second-order valence-corrected chi connectivity index (χ2v) is 5.20. The van der Waals surface area contributed by atoms with Crippen LogP contribution in [-0.4, -0.2) is 23.8 Å². The Morgan fingerprint density at radius 1 is 1.26 bits per heavy atom. The minimum absolute atomic E-state index is 0.203. The van der Waals surface area contributed by atoms with Gasteiger partial charge >= 0.3 is 0 Å². The van der Waals surface area contributed by atoms with Crippen LogP contribution in [0.3, 0.4) is 0 Å². The highest BCUT2D eigenvalue weighted by Crippen LogP contribution is 2.18. The number of nitrogens with two attached hydrogens (primary N) is 1. The maximum atomic E-state index is 5.87. The zero-order valence-electron chi connectivity index (χ0n) is 11.9. The molecule has 0 aliphatic rings. The van der Waals surface area contributed by atoms with Gasteiger partial charge in [-0.3, -0.25) is 0 Å². The maximum Gasteiger partial charge on any atom is 0.0645 e. The molecule has 2 aromatic rings. The van der Waals surface area contributed by atoms with Gasteiger partial charge in [-0.25, -0.2) is 0 Å².